The van der Waals surface area contributed by atoms with Gasteiger partial charge in [-0.2, -0.15) is 5.10 Å². The number of ether oxygens (including phenoxy) is 3. The minimum atomic E-state index is -0.336. The van der Waals surface area contributed by atoms with E-state index in [1.807, 2.05) is 31.2 Å². The van der Waals surface area contributed by atoms with E-state index in [1.54, 1.807) is 25.3 Å². The molecule has 1 amide bonds. The Morgan fingerprint density at radius 1 is 0.880 bits per heavy atom. The van der Waals surface area contributed by atoms with E-state index in [4.69, 9.17) is 14.2 Å². The van der Waals surface area contributed by atoms with Gasteiger partial charge in [0, 0.05) is 11.6 Å². The van der Waals surface area contributed by atoms with E-state index >= 15 is 0 Å². The summed E-state index contributed by atoms with van der Waals surface area (Å²) in [5, 5.41) is 4.25. The summed E-state index contributed by atoms with van der Waals surface area (Å²) in [5.74, 6) is 1.52. The molecule has 0 heterocycles. The van der Waals surface area contributed by atoms with Gasteiger partial charge in [-0.15, -0.1) is 0 Å². The van der Waals surface area contributed by atoms with E-state index in [0.29, 0.717) is 23.5 Å². The van der Waals surface area contributed by atoms with Gasteiger partial charge >= 0.3 is 0 Å². The Bertz CT molecular complexity index is 732. The molecule has 0 saturated carbocycles. The molecule has 25 heavy (non-hydrogen) atoms. The molecule has 132 valence electrons. The number of carbonyl (C=O) groups excluding carboxylic acids is 1. The summed E-state index contributed by atoms with van der Waals surface area (Å²) in [6.07, 6.45) is 0.675. The molecule has 0 aliphatic rings. The minimum Gasteiger partial charge on any atom is -0.497 e. The van der Waals surface area contributed by atoms with Crippen LogP contribution in [-0.4, -0.2) is 32.9 Å². The van der Waals surface area contributed by atoms with Crippen LogP contribution in [0.5, 0.6) is 17.2 Å². The quantitative estimate of drug-likeness (QED) is 0.619. The summed E-state index contributed by atoms with van der Waals surface area (Å²) >= 11 is 0. The summed E-state index contributed by atoms with van der Waals surface area (Å²) in [7, 11) is 4.69. The highest BCUT2D eigenvalue weighted by molar-refractivity contribution is 6.02. The number of amides is 1. The number of nitrogens with one attached hydrogen (secondary N) is 1. The summed E-state index contributed by atoms with van der Waals surface area (Å²) in [5.41, 5.74) is 4.69. The first kappa shape index (κ1) is 18.3. The zero-order valence-electron chi connectivity index (χ0n) is 14.8. The molecule has 0 aliphatic carbocycles. The Hall–Kier alpha value is -3.02. The summed E-state index contributed by atoms with van der Waals surface area (Å²) in [6.45, 7) is 1.98. The van der Waals surface area contributed by atoms with E-state index in [0.717, 1.165) is 17.0 Å². The van der Waals surface area contributed by atoms with Crippen LogP contribution in [-0.2, 0) is 0 Å². The second-order valence-electron chi connectivity index (χ2n) is 5.18. The molecule has 2 rings (SSSR count). The number of nitrogens with zero attached hydrogens (tertiary/aromatic N) is 1. The predicted molar refractivity (Wildman–Crippen MR) is 96.8 cm³/mol. The lowest BCUT2D eigenvalue weighted by Gasteiger charge is -2.09. The van der Waals surface area contributed by atoms with Crippen molar-refractivity contribution in [2.45, 2.75) is 13.3 Å². The number of hydrazone groups is 1. The average molecular weight is 342 g/mol. The van der Waals surface area contributed by atoms with Crippen LogP contribution in [0.3, 0.4) is 0 Å². The van der Waals surface area contributed by atoms with Gasteiger partial charge in [-0.3, -0.25) is 4.79 Å². The van der Waals surface area contributed by atoms with Crippen LogP contribution in [0.4, 0.5) is 0 Å². The molecule has 0 aliphatic heterocycles. The zero-order valence-corrected chi connectivity index (χ0v) is 14.8. The number of hydrogen-bond acceptors (Lipinski definition) is 5. The van der Waals surface area contributed by atoms with Crippen molar-refractivity contribution in [3.05, 3.63) is 53.6 Å². The number of methoxy groups -OCH3 is 3. The Balaban J connectivity index is 2.19. The first-order valence-corrected chi connectivity index (χ1v) is 7.85. The van der Waals surface area contributed by atoms with Gasteiger partial charge in [0.1, 0.15) is 17.2 Å². The zero-order chi connectivity index (χ0) is 18.2. The lowest BCUT2D eigenvalue weighted by Crippen LogP contribution is -2.20. The van der Waals surface area contributed by atoms with Crippen LogP contribution >= 0.6 is 0 Å². The summed E-state index contributed by atoms with van der Waals surface area (Å²) in [4.78, 5) is 12.4. The number of benzene rings is 2. The van der Waals surface area contributed by atoms with Gasteiger partial charge in [0.25, 0.3) is 5.91 Å². The predicted octanol–water partition coefficient (Wildman–Crippen LogP) is 3.26. The maximum atomic E-state index is 12.4. The summed E-state index contributed by atoms with van der Waals surface area (Å²) in [6, 6.07) is 12.5. The molecule has 0 radical (unpaired) electrons. The average Bonchev–Trinajstić information content (AvgIpc) is 2.68. The topological polar surface area (TPSA) is 69.2 Å². The van der Waals surface area contributed by atoms with Crippen LogP contribution in [0, 0.1) is 0 Å². The first-order valence-electron chi connectivity index (χ1n) is 7.85. The highest BCUT2D eigenvalue weighted by atomic mass is 16.5. The molecule has 0 atom stereocenters. The third-order valence-corrected chi connectivity index (χ3v) is 3.66. The molecule has 1 N–H and O–H groups in total. The van der Waals surface area contributed by atoms with E-state index in [-0.39, 0.29) is 5.91 Å². The molecular weight excluding hydrogens is 320 g/mol. The molecule has 0 saturated heterocycles. The van der Waals surface area contributed by atoms with Crippen molar-refractivity contribution in [3.63, 3.8) is 0 Å². The Labute approximate surface area is 147 Å². The molecule has 0 unspecified atom stereocenters. The SMILES string of the molecule is CC/C(=N/NC(=O)c1cc(OC)cc(OC)c1)c1ccc(OC)cc1. The van der Waals surface area contributed by atoms with Crippen LogP contribution in [0.2, 0.25) is 0 Å². The molecule has 0 aromatic heterocycles. The Morgan fingerprint density at radius 3 is 1.92 bits per heavy atom. The number of carbonyl (C=O) groups is 1. The fraction of sp³-hybridized carbons (Fsp3) is 0.263. The number of hydrogen-bond donors (Lipinski definition) is 1. The minimum absolute atomic E-state index is 0.336. The Kier molecular flexibility index (Phi) is 6.39. The molecule has 2 aromatic rings. The third-order valence-electron chi connectivity index (χ3n) is 3.66. The van der Waals surface area contributed by atoms with E-state index in [2.05, 4.69) is 10.5 Å². The molecule has 0 bridgehead atoms. The maximum Gasteiger partial charge on any atom is 0.271 e. The summed E-state index contributed by atoms with van der Waals surface area (Å²) < 4.78 is 15.5. The molecule has 6 nitrogen and oxygen atoms in total. The standard InChI is InChI=1S/C19H22N2O4/c1-5-18(13-6-8-15(23-2)9-7-13)20-21-19(22)14-10-16(24-3)12-17(11-14)25-4/h6-12H,5H2,1-4H3,(H,21,22)/b20-18-. The van der Waals surface area contributed by atoms with Crippen LogP contribution in [0.1, 0.15) is 29.3 Å². The van der Waals surface area contributed by atoms with Gasteiger partial charge in [-0.25, -0.2) is 5.43 Å². The second-order valence-corrected chi connectivity index (χ2v) is 5.18. The monoisotopic (exact) mass is 342 g/mol. The van der Waals surface area contributed by atoms with Crippen molar-refractivity contribution >= 4 is 11.6 Å². The van der Waals surface area contributed by atoms with Gasteiger partial charge in [0.05, 0.1) is 27.0 Å². The van der Waals surface area contributed by atoms with Crippen LogP contribution in [0.25, 0.3) is 0 Å². The molecule has 0 fully saturated rings. The van der Waals surface area contributed by atoms with Crippen molar-refractivity contribution in [1.82, 2.24) is 5.43 Å². The lowest BCUT2D eigenvalue weighted by molar-refractivity contribution is 0.0954. The fourth-order valence-corrected chi connectivity index (χ4v) is 2.25. The van der Waals surface area contributed by atoms with Gasteiger partial charge < -0.3 is 14.2 Å². The van der Waals surface area contributed by atoms with Crippen molar-refractivity contribution < 1.29 is 19.0 Å². The van der Waals surface area contributed by atoms with E-state index in [9.17, 15) is 4.79 Å². The highest BCUT2D eigenvalue weighted by Crippen LogP contribution is 2.22. The molecule has 0 spiro atoms. The molecular formula is C19H22N2O4. The molecule has 6 heteroatoms. The highest BCUT2D eigenvalue weighted by Gasteiger charge is 2.10. The van der Waals surface area contributed by atoms with Gasteiger partial charge in [-0.1, -0.05) is 6.92 Å². The molecule has 2 aromatic carbocycles. The van der Waals surface area contributed by atoms with Crippen LogP contribution < -0.4 is 19.6 Å². The van der Waals surface area contributed by atoms with Crippen molar-refractivity contribution in [1.29, 1.82) is 0 Å². The first-order chi connectivity index (χ1) is 12.1. The second kappa shape index (κ2) is 8.73. The van der Waals surface area contributed by atoms with Crippen molar-refractivity contribution in [3.8, 4) is 17.2 Å². The number of rotatable bonds is 7. The van der Waals surface area contributed by atoms with Gasteiger partial charge in [0.2, 0.25) is 0 Å². The van der Waals surface area contributed by atoms with Crippen LogP contribution in [0.15, 0.2) is 47.6 Å². The normalized spacial score (nSPS) is 11.0. The van der Waals surface area contributed by atoms with Crippen molar-refractivity contribution in [2.24, 2.45) is 5.10 Å². The van der Waals surface area contributed by atoms with E-state index in [1.165, 1.54) is 14.2 Å². The largest absolute Gasteiger partial charge is 0.497 e. The third kappa shape index (κ3) is 4.73. The van der Waals surface area contributed by atoms with Crippen molar-refractivity contribution in [2.75, 3.05) is 21.3 Å². The maximum absolute atomic E-state index is 12.4. The smallest absolute Gasteiger partial charge is 0.271 e. The van der Waals surface area contributed by atoms with Gasteiger partial charge in [-0.05, 0) is 48.4 Å². The van der Waals surface area contributed by atoms with E-state index < -0.39 is 0 Å². The van der Waals surface area contributed by atoms with Gasteiger partial charge in [0.15, 0.2) is 0 Å². The fourth-order valence-electron chi connectivity index (χ4n) is 2.25. The lowest BCUT2D eigenvalue weighted by atomic mass is 10.1. The Morgan fingerprint density at radius 2 is 1.44 bits per heavy atom.